The average molecular weight is 347 g/mol. The molecule has 0 unspecified atom stereocenters. The highest BCUT2D eigenvalue weighted by atomic mass is 79.9. The number of rotatable bonds is 6. The predicted molar refractivity (Wildman–Crippen MR) is 74.6 cm³/mol. The van der Waals surface area contributed by atoms with Crippen LogP contribution in [0.5, 0.6) is 0 Å². The van der Waals surface area contributed by atoms with Crippen molar-refractivity contribution in [3.63, 3.8) is 0 Å². The molecule has 4 nitrogen and oxygen atoms in total. The molecule has 0 heterocycles. The van der Waals surface area contributed by atoms with E-state index in [0.29, 0.717) is 4.47 Å². The van der Waals surface area contributed by atoms with Crippen molar-refractivity contribution in [2.45, 2.75) is 20.3 Å². The monoisotopic (exact) mass is 346 g/mol. The Morgan fingerprint density at radius 2 is 1.75 bits per heavy atom. The molecule has 0 spiro atoms. The lowest BCUT2D eigenvalue weighted by molar-refractivity contribution is -0.161. The molecule has 0 amide bonds. The van der Waals surface area contributed by atoms with Gasteiger partial charge in [0.2, 0.25) is 0 Å². The summed E-state index contributed by atoms with van der Waals surface area (Å²) in [6.45, 7) is 3.57. The van der Waals surface area contributed by atoms with Crippen molar-refractivity contribution in [1.82, 2.24) is 0 Å². The van der Waals surface area contributed by atoms with Gasteiger partial charge in [0.25, 0.3) is 0 Å². The van der Waals surface area contributed by atoms with Crippen molar-refractivity contribution in [3.8, 4) is 0 Å². The highest BCUT2D eigenvalue weighted by Crippen LogP contribution is 2.20. The summed E-state index contributed by atoms with van der Waals surface area (Å²) < 4.78 is 24.1. The fraction of sp³-hybridized carbons (Fsp3) is 0.429. The normalized spacial score (nSPS) is 10.4. The van der Waals surface area contributed by atoms with Gasteiger partial charge in [-0.3, -0.25) is 9.59 Å². The lowest BCUT2D eigenvalue weighted by Gasteiger charge is -2.15. The van der Waals surface area contributed by atoms with Crippen LogP contribution in [0.15, 0.2) is 22.7 Å². The first-order valence-corrected chi connectivity index (χ1v) is 7.06. The number of benzene rings is 1. The summed E-state index contributed by atoms with van der Waals surface area (Å²) in [7, 11) is 0. The van der Waals surface area contributed by atoms with Crippen molar-refractivity contribution >= 4 is 27.9 Å². The third kappa shape index (κ3) is 4.59. The number of ether oxygens (including phenoxy) is 2. The molecule has 0 saturated carbocycles. The average Bonchev–Trinajstić information content (AvgIpc) is 2.40. The van der Waals surface area contributed by atoms with Crippen LogP contribution < -0.4 is 0 Å². The van der Waals surface area contributed by atoms with Crippen LogP contribution >= 0.6 is 15.9 Å². The lowest BCUT2D eigenvalue weighted by Crippen LogP contribution is -2.30. The van der Waals surface area contributed by atoms with E-state index in [0.717, 1.165) is 0 Å². The fourth-order valence-electron chi connectivity index (χ4n) is 1.67. The van der Waals surface area contributed by atoms with Gasteiger partial charge in [0.15, 0.2) is 5.92 Å². The standard InChI is InChI=1S/C14H16BrFO4/c1-3-19-13(17)11(14(18)20-4-2)8-9-7-10(15)5-6-12(9)16/h5-7,11H,3-4,8H2,1-2H3. The first-order valence-electron chi connectivity index (χ1n) is 6.26. The maximum atomic E-state index is 13.7. The maximum Gasteiger partial charge on any atom is 0.320 e. The van der Waals surface area contributed by atoms with Gasteiger partial charge in [-0.15, -0.1) is 0 Å². The number of halogens is 2. The minimum absolute atomic E-state index is 0.0943. The van der Waals surface area contributed by atoms with E-state index < -0.39 is 23.7 Å². The molecule has 110 valence electrons. The molecule has 6 heteroatoms. The van der Waals surface area contributed by atoms with Gasteiger partial charge in [-0.2, -0.15) is 0 Å². The molecule has 0 aliphatic rings. The highest BCUT2D eigenvalue weighted by Gasteiger charge is 2.30. The van der Waals surface area contributed by atoms with Gasteiger partial charge < -0.3 is 9.47 Å². The van der Waals surface area contributed by atoms with Gasteiger partial charge in [0.1, 0.15) is 5.82 Å². The molecule has 0 radical (unpaired) electrons. The van der Waals surface area contributed by atoms with Crippen molar-refractivity contribution < 1.29 is 23.5 Å². The Morgan fingerprint density at radius 1 is 1.20 bits per heavy atom. The van der Waals surface area contributed by atoms with Gasteiger partial charge in [0, 0.05) is 4.47 Å². The second kappa shape index (κ2) is 7.99. The number of esters is 2. The first-order chi connectivity index (χ1) is 9.49. The van der Waals surface area contributed by atoms with Gasteiger partial charge in [-0.05, 0) is 44.0 Å². The zero-order chi connectivity index (χ0) is 15.1. The highest BCUT2D eigenvalue weighted by molar-refractivity contribution is 9.10. The third-order valence-electron chi connectivity index (χ3n) is 2.57. The molecule has 0 N–H and O–H groups in total. The van der Waals surface area contributed by atoms with Gasteiger partial charge >= 0.3 is 11.9 Å². The first kappa shape index (κ1) is 16.6. The smallest absolute Gasteiger partial charge is 0.320 e. The molecule has 1 aromatic rings. The van der Waals surface area contributed by atoms with E-state index in [1.54, 1.807) is 19.9 Å². The Bertz CT molecular complexity index is 472. The molecule has 0 bridgehead atoms. The molecule has 0 aliphatic heterocycles. The van der Waals surface area contributed by atoms with Crippen molar-refractivity contribution in [2.75, 3.05) is 13.2 Å². The Kier molecular flexibility index (Phi) is 6.64. The molecule has 0 fully saturated rings. The van der Waals surface area contributed by atoms with Crippen LogP contribution in [0.3, 0.4) is 0 Å². The van der Waals surface area contributed by atoms with Crippen molar-refractivity contribution in [1.29, 1.82) is 0 Å². The third-order valence-corrected chi connectivity index (χ3v) is 3.07. The largest absolute Gasteiger partial charge is 0.465 e. The SMILES string of the molecule is CCOC(=O)C(Cc1cc(Br)ccc1F)C(=O)OCC. The van der Waals surface area contributed by atoms with Crippen molar-refractivity contribution in [2.24, 2.45) is 5.92 Å². The van der Waals surface area contributed by atoms with Crippen LogP contribution in [-0.2, 0) is 25.5 Å². The Balaban J connectivity index is 2.96. The molecular formula is C14H16BrFO4. The Labute approximate surface area is 125 Å². The van der Waals surface area contributed by atoms with E-state index in [9.17, 15) is 14.0 Å². The second-order valence-corrected chi connectivity index (χ2v) is 4.91. The van der Waals surface area contributed by atoms with E-state index in [4.69, 9.17) is 9.47 Å². The summed E-state index contributed by atoms with van der Waals surface area (Å²) in [5, 5.41) is 0. The summed E-state index contributed by atoms with van der Waals surface area (Å²) >= 11 is 3.22. The summed E-state index contributed by atoms with van der Waals surface area (Å²) in [4.78, 5) is 23.6. The quantitative estimate of drug-likeness (QED) is 0.587. The maximum absolute atomic E-state index is 13.7. The fourth-order valence-corrected chi connectivity index (χ4v) is 2.08. The Morgan fingerprint density at radius 3 is 2.25 bits per heavy atom. The van der Waals surface area contributed by atoms with E-state index in [1.807, 2.05) is 0 Å². The van der Waals surface area contributed by atoms with Crippen LogP contribution in [0.4, 0.5) is 4.39 Å². The Hall–Kier alpha value is -1.43. The predicted octanol–water partition coefficient (Wildman–Crippen LogP) is 2.87. The van der Waals surface area contributed by atoms with E-state index in [2.05, 4.69) is 15.9 Å². The van der Waals surface area contributed by atoms with Crippen LogP contribution in [0.1, 0.15) is 19.4 Å². The van der Waals surface area contributed by atoms with Crippen molar-refractivity contribution in [3.05, 3.63) is 34.1 Å². The zero-order valence-electron chi connectivity index (χ0n) is 11.3. The van der Waals surface area contributed by atoms with Gasteiger partial charge in [0.05, 0.1) is 13.2 Å². The minimum Gasteiger partial charge on any atom is -0.465 e. The summed E-state index contributed by atoms with van der Waals surface area (Å²) in [5.41, 5.74) is 0.255. The van der Waals surface area contributed by atoms with Crippen LogP contribution in [-0.4, -0.2) is 25.2 Å². The van der Waals surface area contributed by atoms with E-state index in [1.165, 1.54) is 12.1 Å². The molecule has 1 rings (SSSR count). The topological polar surface area (TPSA) is 52.6 Å². The number of carbonyl (C=O) groups is 2. The molecule has 0 aliphatic carbocycles. The molecule has 1 aromatic carbocycles. The summed E-state index contributed by atoms with van der Waals surface area (Å²) in [6.07, 6.45) is -0.0943. The zero-order valence-corrected chi connectivity index (χ0v) is 12.9. The molecule has 0 aromatic heterocycles. The number of hydrogen-bond donors (Lipinski definition) is 0. The minimum atomic E-state index is -1.15. The van der Waals surface area contributed by atoms with E-state index >= 15 is 0 Å². The van der Waals surface area contributed by atoms with Crippen LogP contribution in [0.25, 0.3) is 0 Å². The van der Waals surface area contributed by atoms with Gasteiger partial charge in [-0.25, -0.2) is 4.39 Å². The van der Waals surface area contributed by atoms with Gasteiger partial charge in [-0.1, -0.05) is 15.9 Å². The van der Waals surface area contributed by atoms with Crippen LogP contribution in [0.2, 0.25) is 0 Å². The summed E-state index contributed by atoms with van der Waals surface area (Å²) in [5.74, 6) is -3.04. The molecule has 0 atom stereocenters. The number of hydrogen-bond acceptors (Lipinski definition) is 4. The molecule has 20 heavy (non-hydrogen) atoms. The van der Waals surface area contributed by atoms with Crippen LogP contribution in [0, 0.1) is 11.7 Å². The number of carbonyl (C=O) groups excluding carboxylic acids is 2. The molecule has 0 saturated heterocycles. The summed E-state index contributed by atoms with van der Waals surface area (Å²) in [6, 6.07) is 4.34. The second-order valence-electron chi connectivity index (χ2n) is 4.00. The molecular weight excluding hydrogens is 331 g/mol. The lowest BCUT2D eigenvalue weighted by atomic mass is 9.99. The van der Waals surface area contributed by atoms with E-state index in [-0.39, 0.29) is 25.2 Å².